The zero-order valence-corrected chi connectivity index (χ0v) is 8.13. The van der Waals surface area contributed by atoms with E-state index in [0.29, 0.717) is 0 Å². The van der Waals surface area contributed by atoms with Gasteiger partial charge in [-0.3, -0.25) is 14.4 Å². The molecule has 1 radical (unpaired) electrons. The molecule has 0 bridgehead atoms. The first-order valence-electron chi connectivity index (χ1n) is 4.26. The number of amides is 2. The molecule has 0 atom stereocenters. The van der Waals surface area contributed by atoms with Gasteiger partial charge in [0.15, 0.2) is 0 Å². The highest BCUT2D eigenvalue weighted by Crippen LogP contribution is 2.12. The van der Waals surface area contributed by atoms with E-state index in [1.54, 1.807) is 0 Å². The zero-order valence-electron chi connectivity index (χ0n) is 8.13. The fourth-order valence-electron chi connectivity index (χ4n) is 0.932. The standard InChI is InChI=1S/C8H8NO7/c1-2-14-7(12)15-8(13)16-9-5(10)3-4-6(9)11/h1-4H2. The van der Waals surface area contributed by atoms with Crippen LogP contribution in [0.25, 0.3) is 0 Å². The average Bonchev–Trinajstić information content (AvgIpc) is 2.49. The van der Waals surface area contributed by atoms with Crippen molar-refractivity contribution in [2.45, 2.75) is 12.8 Å². The molecule has 87 valence electrons. The van der Waals surface area contributed by atoms with Crippen LogP contribution in [0.2, 0.25) is 0 Å². The van der Waals surface area contributed by atoms with Crippen LogP contribution in [0.15, 0.2) is 0 Å². The molecule has 0 aliphatic carbocycles. The van der Waals surface area contributed by atoms with E-state index in [0.717, 1.165) is 0 Å². The third-order valence-corrected chi connectivity index (χ3v) is 1.56. The molecule has 1 fully saturated rings. The predicted octanol–water partition coefficient (Wildman–Crippen LogP) is 0.174. The van der Waals surface area contributed by atoms with Crippen molar-refractivity contribution in [2.24, 2.45) is 0 Å². The molecule has 16 heavy (non-hydrogen) atoms. The molecule has 1 aliphatic heterocycles. The van der Waals surface area contributed by atoms with Gasteiger partial charge in [0.25, 0.3) is 11.8 Å². The van der Waals surface area contributed by atoms with Crippen molar-refractivity contribution in [1.29, 1.82) is 0 Å². The lowest BCUT2D eigenvalue weighted by molar-refractivity contribution is -0.176. The average molecular weight is 230 g/mol. The molecular formula is C8H8NO7. The third kappa shape index (κ3) is 2.94. The summed E-state index contributed by atoms with van der Waals surface area (Å²) >= 11 is 0. The minimum absolute atomic E-state index is 0.0462. The predicted molar refractivity (Wildman–Crippen MR) is 45.4 cm³/mol. The second-order valence-electron chi connectivity index (χ2n) is 2.62. The van der Waals surface area contributed by atoms with Crippen LogP contribution in [0.1, 0.15) is 12.8 Å². The summed E-state index contributed by atoms with van der Waals surface area (Å²) in [4.78, 5) is 47.6. The Morgan fingerprint density at radius 1 is 1.19 bits per heavy atom. The van der Waals surface area contributed by atoms with E-state index >= 15 is 0 Å². The molecule has 1 aliphatic rings. The van der Waals surface area contributed by atoms with Crippen LogP contribution < -0.4 is 0 Å². The van der Waals surface area contributed by atoms with Crippen molar-refractivity contribution in [1.82, 2.24) is 5.06 Å². The van der Waals surface area contributed by atoms with Gasteiger partial charge in [0.05, 0.1) is 6.61 Å². The smallest absolute Gasteiger partial charge is 0.434 e. The van der Waals surface area contributed by atoms with Crippen LogP contribution in [-0.2, 0) is 23.9 Å². The number of hydrogen-bond acceptors (Lipinski definition) is 7. The molecule has 0 saturated carbocycles. The lowest BCUT2D eigenvalue weighted by Gasteiger charge is -2.11. The van der Waals surface area contributed by atoms with Gasteiger partial charge in [-0.2, -0.15) is 0 Å². The zero-order chi connectivity index (χ0) is 12.1. The molecule has 0 aromatic heterocycles. The summed E-state index contributed by atoms with van der Waals surface area (Å²) in [5, 5.41) is 0.250. The topological polar surface area (TPSA) is 99.2 Å². The maximum atomic E-state index is 11.0. The van der Waals surface area contributed by atoms with Crippen molar-refractivity contribution in [2.75, 3.05) is 6.61 Å². The number of ether oxygens (including phenoxy) is 2. The molecule has 8 heteroatoms. The van der Waals surface area contributed by atoms with E-state index in [1.807, 2.05) is 0 Å². The van der Waals surface area contributed by atoms with Crippen LogP contribution in [0.3, 0.4) is 0 Å². The monoisotopic (exact) mass is 230 g/mol. The Morgan fingerprint density at radius 2 is 1.75 bits per heavy atom. The van der Waals surface area contributed by atoms with Gasteiger partial charge < -0.3 is 9.47 Å². The van der Waals surface area contributed by atoms with Gasteiger partial charge in [0.2, 0.25) is 0 Å². The number of imide groups is 1. The highest BCUT2D eigenvalue weighted by molar-refractivity contribution is 6.01. The van der Waals surface area contributed by atoms with E-state index in [2.05, 4.69) is 21.2 Å². The molecule has 0 aromatic rings. The van der Waals surface area contributed by atoms with Crippen LogP contribution in [0, 0.1) is 6.92 Å². The third-order valence-electron chi connectivity index (χ3n) is 1.56. The minimum Gasteiger partial charge on any atom is -0.434 e. The van der Waals surface area contributed by atoms with Crippen molar-refractivity contribution < 1.29 is 33.5 Å². The number of rotatable bonds is 2. The Hall–Kier alpha value is -2.12. The van der Waals surface area contributed by atoms with Gasteiger partial charge >= 0.3 is 12.3 Å². The van der Waals surface area contributed by atoms with Gasteiger partial charge in [-0.1, -0.05) is 5.06 Å². The number of hydroxylamine groups is 2. The summed E-state index contributed by atoms with van der Waals surface area (Å²) in [6, 6.07) is 0. The van der Waals surface area contributed by atoms with Gasteiger partial charge in [0.1, 0.15) is 0 Å². The van der Waals surface area contributed by atoms with Gasteiger partial charge in [-0.15, -0.1) is 0 Å². The Balaban J connectivity index is 2.42. The van der Waals surface area contributed by atoms with E-state index in [-0.39, 0.29) is 24.5 Å². The maximum absolute atomic E-state index is 11.0. The van der Waals surface area contributed by atoms with E-state index in [1.165, 1.54) is 0 Å². The first-order chi connectivity index (χ1) is 7.54. The second kappa shape index (κ2) is 5.10. The fourth-order valence-corrected chi connectivity index (χ4v) is 0.932. The van der Waals surface area contributed by atoms with E-state index in [4.69, 9.17) is 0 Å². The van der Waals surface area contributed by atoms with Crippen molar-refractivity contribution in [3.8, 4) is 0 Å². The van der Waals surface area contributed by atoms with Crippen molar-refractivity contribution in [3.05, 3.63) is 6.92 Å². The van der Waals surface area contributed by atoms with Crippen molar-refractivity contribution >= 4 is 24.1 Å². The quantitative estimate of drug-likeness (QED) is 0.378. The summed E-state index contributed by atoms with van der Waals surface area (Å²) in [6.45, 7) is 2.94. The van der Waals surface area contributed by atoms with Gasteiger partial charge in [0, 0.05) is 12.8 Å². The molecule has 0 N–H and O–H groups in total. The molecule has 0 unspecified atom stereocenters. The lowest BCUT2D eigenvalue weighted by Crippen LogP contribution is -2.33. The van der Waals surface area contributed by atoms with Gasteiger partial charge in [-0.05, 0) is 6.92 Å². The Bertz CT molecular complexity index is 321. The van der Waals surface area contributed by atoms with Crippen LogP contribution in [0.4, 0.5) is 9.59 Å². The highest BCUT2D eigenvalue weighted by Gasteiger charge is 2.34. The molecule has 8 nitrogen and oxygen atoms in total. The molecule has 2 amide bonds. The normalized spacial score (nSPS) is 14.9. The van der Waals surface area contributed by atoms with Crippen LogP contribution in [-0.4, -0.2) is 35.8 Å². The summed E-state index contributed by atoms with van der Waals surface area (Å²) < 4.78 is 8.11. The molecule has 0 aromatic carbocycles. The maximum Gasteiger partial charge on any atom is 0.544 e. The summed E-state index contributed by atoms with van der Waals surface area (Å²) in [5.74, 6) is -1.35. The molecule has 0 spiro atoms. The Kier molecular flexibility index (Phi) is 3.81. The minimum atomic E-state index is -1.51. The van der Waals surface area contributed by atoms with Crippen molar-refractivity contribution in [3.63, 3.8) is 0 Å². The summed E-state index contributed by atoms with van der Waals surface area (Å²) in [6.07, 6.45) is -2.92. The van der Waals surface area contributed by atoms with Crippen LogP contribution >= 0.6 is 0 Å². The Labute approximate surface area is 90.0 Å². The fraction of sp³-hybridized carbons (Fsp3) is 0.375. The first kappa shape index (κ1) is 12.0. The van der Waals surface area contributed by atoms with E-state index in [9.17, 15) is 19.2 Å². The second-order valence-corrected chi connectivity index (χ2v) is 2.62. The number of carbonyl (C=O) groups excluding carboxylic acids is 4. The number of carbonyl (C=O) groups is 4. The van der Waals surface area contributed by atoms with E-state index < -0.39 is 24.1 Å². The van der Waals surface area contributed by atoms with Crippen LogP contribution in [0.5, 0.6) is 0 Å². The molecule has 1 rings (SSSR count). The summed E-state index contributed by atoms with van der Waals surface area (Å²) in [5.41, 5.74) is 0. The molecule has 1 saturated heterocycles. The largest absolute Gasteiger partial charge is 0.544 e. The first-order valence-corrected chi connectivity index (χ1v) is 4.26. The van der Waals surface area contributed by atoms with Gasteiger partial charge in [-0.25, -0.2) is 9.59 Å². The highest BCUT2D eigenvalue weighted by atomic mass is 16.9. The SMILES string of the molecule is [CH2]COC(=O)OC(=O)ON1C(=O)CCC1=O. The number of hydrogen-bond donors (Lipinski definition) is 0. The summed E-state index contributed by atoms with van der Waals surface area (Å²) in [7, 11) is 0. The lowest BCUT2D eigenvalue weighted by atomic mass is 10.4. The Morgan fingerprint density at radius 3 is 2.25 bits per heavy atom. The number of nitrogens with zero attached hydrogens (tertiary/aromatic N) is 1. The molecule has 1 heterocycles. The molecular weight excluding hydrogens is 222 g/mol.